The van der Waals surface area contributed by atoms with Crippen molar-refractivity contribution >= 4 is 17.6 Å². The van der Waals surface area contributed by atoms with Crippen LogP contribution in [0, 0.1) is 0 Å². The molecule has 0 aliphatic rings. The van der Waals surface area contributed by atoms with Gasteiger partial charge >= 0.3 is 0 Å². The molecular weight excluding hydrogens is 172 g/mol. The van der Waals surface area contributed by atoms with Crippen LogP contribution in [0.1, 0.15) is 5.56 Å². The van der Waals surface area contributed by atoms with Crippen molar-refractivity contribution in [3.8, 4) is 0 Å². The molecular formula is C7H12N4S. The first-order valence-electron chi connectivity index (χ1n) is 3.58. The van der Waals surface area contributed by atoms with Crippen molar-refractivity contribution in [2.75, 3.05) is 19.0 Å². The predicted molar refractivity (Wildman–Crippen MR) is 51.0 cm³/mol. The van der Waals surface area contributed by atoms with Gasteiger partial charge in [-0.25, -0.2) is 9.97 Å². The molecule has 0 saturated carbocycles. The van der Waals surface area contributed by atoms with Crippen LogP contribution < -0.4 is 11.1 Å². The van der Waals surface area contributed by atoms with Gasteiger partial charge in [0.2, 0.25) is 0 Å². The topological polar surface area (TPSA) is 63.8 Å². The molecule has 0 amide bonds. The van der Waals surface area contributed by atoms with Crippen molar-refractivity contribution < 1.29 is 0 Å². The minimum Gasteiger partial charge on any atom is -0.383 e. The monoisotopic (exact) mass is 184 g/mol. The van der Waals surface area contributed by atoms with Crippen molar-refractivity contribution in [2.24, 2.45) is 0 Å². The summed E-state index contributed by atoms with van der Waals surface area (Å²) in [5.41, 5.74) is 6.62. The minimum atomic E-state index is 0.559. The third-order valence-electron chi connectivity index (χ3n) is 1.43. The van der Waals surface area contributed by atoms with Crippen LogP contribution in [0.5, 0.6) is 0 Å². The van der Waals surface area contributed by atoms with E-state index in [-0.39, 0.29) is 0 Å². The van der Waals surface area contributed by atoms with Crippen molar-refractivity contribution in [1.82, 2.24) is 15.3 Å². The van der Waals surface area contributed by atoms with Gasteiger partial charge in [-0.1, -0.05) is 11.8 Å². The van der Waals surface area contributed by atoms with Crippen molar-refractivity contribution in [2.45, 2.75) is 11.7 Å². The van der Waals surface area contributed by atoms with E-state index in [0.29, 0.717) is 17.5 Å². The van der Waals surface area contributed by atoms with E-state index in [1.165, 1.54) is 11.8 Å². The van der Waals surface area contributed by atoms with Crippen LogP contribution >= 0.6 is 11.8 Å². The molecule has 0 aliphatic heterocycles. The van der Waals surface area contributed by atoms with Crippen LogP contribution in [-0.4, -0.2) is 23.3 Å². The Kier molecular flexibility index (Phi) is 3.31. The zero-order chi connectivity index (χ0) is 8.97. The molecule has 1 heterocycles. The standard InChI is InChI=1S/C7H12N4S/c1-9-3-5-4-10-7(12-2)11-6(5)8/h4,9H,3H2,1-2H3,(H2,8,10,11). The lowest BCUT2D eigenvalue weighted by Gasteiger charge is -2.03. The number of nitrogens with zero attached hydrogens (tertiary/aromatic N) is 2. The molecule has 4 nitrogen and oxygen atoms in total. The summed E-state index contributed by atoms with van der Waals surface area (Å²) in [7, 11) is 1.86. The molecule has 0 atom stereocenters. The lowest BCUT2D eigenvalue weighted by molar-refractivity contribution is 0.798. The first kappa shape index (κ1) is 9.28. The Labute approximate surface area is 76.0 Å². The van der Waals surface area contributed by atoms with E-state index >= 15 is 0 Å². The van der Waals surface area contributed by atoms with Crippen LogP contribution in [0.3, 0.4) is 0 Å². The summed E-state index contributed by atoms with van der Waals surface area (Å²) in [4.78, 5) is 8.21. The van der Waals surface area contributed by atoms with Crippen molar-refractivity contribution in [3.05, 3.63) is 11.8 Å². The molecule has 1 rings (SSSR count). The molecule has 0 saturated heterocycles. The van der Waals surface area contributed by atoms with Gasteiger partial charge in [0.15, 0.2) is 5.16 Å². The van der Waals surface area contributed by atoms with E-state index in [1.807, 2.05) is 13.3 Å². The third kappa shape index (κ3) is 2.09. The molecule has 12 heavy (non-hydrogen) atoms. The number of nitrogens with one attached hydrogen (secondary N) is 1. The highest BCUT2D eigenvalue weighted by Crippen LogP contribution is 2.12. The highest BCUT2D eigenvalue weighted by Gasteiger charge is 2.01. The molecule has 1 aromatic rings. The normalized spacial score (nSPS) is 10.2. The van der Waals surface area contributed by atoms with Gasteiger partial charge in [-0.15, -0.1) is 0 Å². The molecule has 0 radical (unpaired) electrons. The van der Waals surface area contributed by atoms with E-state index in [1.54, 1.807) is 6.20 Å². The maximum atomic E-state index is 5.68. The van der Waals surface area contributed by atoms with E-state index in [4.69, 9.17) is 5.73 Å². The summed E-state index contributed by atoms with van der Waals surface area (Å²) in [6.45, 7) is 0.709. The first-order chi connectivity index (χ1) is 5.77. The van der Waals surface area contributed by atoms with Gasteiger partial charge in [0.05, 0.1) is 0 Å². The molecule has 66 valence electrons. The Morgan fingerprint density at radius 2 is 2.42 bits per heavy atom. The van der Waals surface area contributed by atoms with Gasteiger partial charge in [0, 0.05) is 18.3 Å². The maximum Gasteiger partial charge on any atom is 0.189 e. The lowest BCUT2D eigenvalue weighted by Crippen LogP contribution is -2.09. The number of aromatic nitrogens is 2. The second-order valence-corrected chi connectivity index (χ2v) is 3.07. The van der Waals surface area contributed by atoms with Crippen molar-refractivity contribution in [1.29, 1.82) is 0 Å². The average molecular weight is 184 g/mol. The van der Waals surface area contributed by atoms with E-state index in [0.717, 1.165) is 5.56 Å². The zero-order valence-corrected chi connectivity index (χ0v) is 7.98. The SMILES string of the molecule is CNCc1cnc(SC)nc1N. The van der Waals surface area contributed by atoms with Gasteiger partial charge in [0.25, 0.3) is 0 Å². The van der Waals surface area contributed by atoms with Crippen LogP contribution in [0.4, 0.5) is 5.82 Å². The summed E-state index contributed by atoms with van der Waals surface area (Å²) in [5, 5.41) is 3.71. The van der Waals surface area contributed by atoms with Gasteiger partial charge in [0.1, 0.15) is 5.82 Å². The van der Waals surface area contributed by atoms with Gasteiger partial charge < -0.3 is 11.1 Å². The molecule has 0 aromatic carbocycles. The molecule has 0 bridgehead atoms. The van der Waals surface area contributed by atoms with Crippen LogP contribution in [0.15, 0.2) is 11.4 Å². The van der Waals surface area contributed by atoms with E-state index < -0.39 is 0 Å². The maximum absolute atomic E-state index is 5.68. The molecule has 0 fully saturated rings. The van der Waals surface area contributed by atoms with E-state index in [2.05, 4.69) is 15.3 Å². The zero-order valence-electron chi connectivity index (χ0n) is 7.16. The summed E-state index contributed by atoms with van der Waals surface area (Å²) >= 11 is 1.49. The summed E-state index contributed by atoms with van der Waals surface area (Å²) < 4.78 is 0. The Balaban J connectivity index is 2.87. The largest absolute Gasteiger partial charge is 0.383 e. The number of anilines is 1. The third-order valence-corrected chi connectivity index (χ3v) is 1.99. The Morgan fingerprint density at radius 1 is 1.67 bits per heavy atom. The summed E-state index contributed by atoms with van der Waals surface area (Å²) in [6, 6.07) is 0. The van der Waals surface area contributed by atoms with Crippen LogP contribution in [-0.2, 0) is 6.54 Å². The lowest BCUT2D eigenvalue weighted by atomic mass is 10.3. The highest BCUT2D eigenvalue weighted by atomic mass is 32.2. The number of hydrogen-bond donors (Lipinski definition) is 2. The summed E-state index contributed by atoms with van der Waals surface area (Å²) in [6.07, 6.45) is 3.68. The second-order valence-electron chi connectivity index (χ2n) is 2.30. The highest BCUT2D eigenvalue weighted by molar-refractivity contribution is 7.98. The summed E-state index contributed by atoms with van der Waals surface area (Å²) in [5.74, 6) is 0.559. The fraction of sp³-hybridized carbons (Fsp3) is 0.429. The number of hydrogen-bond acceptors (Lipinski definition) is 5. The number of nitrogen functional groups attached to an aromatic ring is 1. The predicted octanol–water partition coefficient (Wildman–Crippen LogP) is 0.500. The minimum absolute atomic E-state index is 0.559. The quantitative estimate of drug-likeness (QED) is 0.529. The van der Waals surface area contributed by atoms with Gasteiger partial charge in [-0.05, 0) is 13.3 Å². The molecule has 0 spiro atoms. The fourth-order valence-corrected chi connectivity index (χ4v) is 1.18. The number of thioether (sulfide) groups is 1. The second kappa shape index (κ2) is 4.27. The Hall–Kier alpha value is -0.810. The number of nitrogens with two attached hydrogens (primary N) is 1. The smallest absolute Gasteiger partial charge is 0.189 e. The Morgan fingerprint density at radius 3 is 2.92 bits per heavy atom. The average Bonchev–Trinajstić information content (AvgIpc) is 2.09. The number of rotatable bonds is 3. The fourth-order valence-electron chi connectivity index (χ4n) is 0.828. The molecule has 0 aliphatic carbocycles. The van der Waals surface area contributed by atoms with Crippen LogP contribution in [0.2, 0.25) is 0 Å². The molecule has 3 N–H and O–H groups in total. The molecule has 0 unspecified atom stereocenters. The molecule has 5 heteroatoms. The molecule has 1 aromatic heterocycles. The van der Waals surface area contributed by atoms with Crippen LogP contribution in [0.25, 0.3) is 0 Å². The Bertz CT molecular complexity index is 264. The van der Waals surface area contributed by atoms with Crippen molar-refractivity contribution in [3.63, 3.8) is 0 Å². The van der Waals surface area contributed by atoms with Gasteiger partial charge in [-0.2, -0.15) is 0 Å². The van der Waals surface area contributed by atoms with Gasteiger partial charge in [-0.3, -0.25) is 0 Å². The van der Waals surface area contributed by atoms with E-state index in [9.17, 15) is 0 Å². The first-order valence-corrected chi connectivity index (χ1v) is 4.80.